The average Bonchev–Trinajstić information content (AvgIpc) is 2.77. The minimum absolute atomic E-state index is 0.00582. The van der Waals surface area contributed by atoms with Crippen molar-refractivity contribution in [3.8, 4) is 0 Å². The Morgan fingerprint density at radius 2 is 1.35 bits per heavy atom. The zero-order valence-electron chi connectivity index (χ0n) is 22.5. The number of rotatable bonds is 18. The Balaban J connectivity index is 2.56. The fraction of sp³-hybridized carbons (Fsp3) is 0.733. The van der Waals surface area contributed by atoms with E-state index in [0.717, 1.165) is 38.5 Å². The third-order valence-corrected chi connectivity index (χ3v) is 6.47. The summed E-state index contributed by atoms with van der Waals surface area (Å²) in [6.07, 6.45) is 16.4. The van der Waals surface area contributed by atoms with Crippen LogP contribution < -0.4 is 0 Å². The molecule has 0 saturated carbocycles. The molecule has 194 valence electrons. The molecule has 0 spiro atoms. The predicted molar refractivity (Wildman–Crippen MR) is 142 cm³/mol. The number of unbranched alkanes of at least 4 members (excludes halogenated alkanes) is 9. The molecule has 34 heavy (non-hydrogen) atoms. The number of benzene rings is 1. The standard InChI is InChI=1S/C30H50O4/c1-6-7-8-9-10-11-12-13-14-15-18-25(22-21-24(2)23-30(3,4)5)34-29(33)27-20-17-16-19-26(27)28(31)32/h16-17,19-20,24-25H,6-15,18,21-23H2,1-5H3,(H,31,32). The van der Waals surface area contributed by atoms with Crippen LogP contribution in [0.4, 0.5) is 0 Å². The first kappa shape index (κ1) is 30.2. The summed E-state index contributed by atoms with van der Waals surface area (Å²) in [7, 11) is 0. The zero-order valence-corrected chi connectivity index (χ0v) is 22.5. The molecule has 1 N–H and O–H groups in total. The Hall–Kier alpha value is -1.84. The maximum Gasteiger partial charge on any atom is 0.339 e. The molecule has 4 nitrogen and oxygen atoms in total. The highest BCUT2D eigenvalue weighted by Gasteiger charge is 2.22. The van der Waals surface area contributed by atoms with E-state index in [4.69, 9.17) is 4.74 Å². The molecule has 2 unspecified atom stereocenters. The van der Waals surface area contributed by atoms with Gasteiger partial charge in [0.05, 0.1) is 11.1 Å². The van der Waals surface area contributed by atoms with Crippen molar-refractivity contribution < 1.29 is 19.4 Å². The Morgan fingerprint density at radius 3 is 1.88 bits per heavy atom. The molecular weight excluding hydrogens is 424 g/mol. The van der Waals surface area contributed by atoms with Crippen molar-refractivity contribution in [1.29, 1.82) is 0 Å². The van der Waals surface area contributed by atoms with Crippen molar-refractivity contribution in [1.82, 2.24) is 0 Å². The molecule has 0 fully saturated rings. The van der Waals surface area contributed by atoms with Gasteiger partial charge in [0.25, 0.3) is 0 Å². The first-order chi connectivity index (χ1) is 16.1. The fourth-order valence-corrected chi connectivity index (χ4v) is 4.80. The van der Waals surface area contributed by atoms with E-state index in [-0.39, 0.29) is 22.6 Å². The lowest BCUT2D eigenvalue weighted by molar-refractivity contribution is 0.0231. The number of carboxylic acid groups (broad SMARTS) is 1. The molecule has 4 heteroatoms. The molecular formula is C30H50O4. The van der Waals surface area contributed by atoms with E-state index < -0.39 is 11.9 Å². The summed E-state index contributed by atoms with van der Waals surface area (Å²) in [5, 5.41) is 9.43. The number of hydrogen-bond acceptors (Lipinski definition) is 3. The van der Waals surface area contributed by atoms with Crippen LogP contribution in [-0.2, 0) is 4.74 Å². The first-order valence-electron chi connectivity index (χ1n) is 13.7. The number of carbonyl (C=O) groups excluding carboxylic acids is 1. The lowest BCUT2D eigenvalue weighted by Crippen LogP contribution is -2.22. The molecule has 2 atom stereocenters. The highest BCUT2D eigenvalue weighted by atomic mass is 16.5. The van der Waals surface area contributed by atoms with Gasteiger partial charge in [-0.1, -0.05) is 105 Å². The molecule has 0 saturated heterocycles. The minimum Gasteiger partial charge on any atom is -0.478 e. The van der Waals surface area contributed by atoms with Crippen LogP contribution in [0, 0.1) is 11.3 Å². The summed E-state index contributed by atoms with van der Waals surface area (Å²) in [5.74, 6) is -1.06. The number of esters is 1. The molecule has 0 bridgehead atoms. The molecule has 1 rings (SSSR count). The van der Waals surface area contributed by atoms with Crippen LogP contribution in [0.25, 0.3) is 0 Å². The summed E-state index contributed by atoms with van der Waals surface area (Å²) in [4.78, 5) is 24.4. The minimum atomic E-state index is -1.10. The van der Waals surface area contributed by atoms with Crippen molar-refractivity contribution >= 4 is 11.9 Å². The van der Waals surface area contributed by atoms with Gasteiger partial charge < -0.3 is 9.84 Å². The molecule has 0 aliphatic carbocycles. The summed E-state index contributed by atoms with van der Waals surface area (Å²) in [6.45, 7) is 11.3. The third kappa shape index (κ3) is 13.8. The van der Waals surface area contributed by atoms with Crippen molar-refractivity contribution in [3.63, 3.8) is 0 Å². The summed E-state index contributed by atoms with van der Waals surface area (Å²) in [6, 6.07) is 6.33. The Morgan fingerprint density at radius 1 is 0.824 bits per heavy atom. The maximum atomic E-state index is 12.9. The predicted octanol–water partition coefficient (Wildman–Crippen LogP) is 9.07. The molecule has 1 aromatic rings. The van der Waals surface area contributed by atoms with E-state index in [1.807, 2.05) is 0 Å². The van der Waals surface area contributed by atoms with Crippen LogP contribution >= 0.6 is 0 Å². The molecule has 0 aliphatic rings. The van der Waals surface area contributed by atoms with Crippen molar-refractivity contribution in [2.75, 3.05) is 0 Å². The van der Waals surface area contributed by atoms with Gasteiger partial charge in [-0.15, -0.1) is 0 Å². The number of aromatic carboxylic acids is 1. The zero-order chi connectivity index (χ0) is 25.4. The van der Waals surface area contributed by atoms with E-state index in [2.05, 4.69) is 34.6 Å². The molecule has 0 aromatic heterocycles. The Kier molecular flexibility index (Phi) is 14.9. The lowest BCUT2D eigenvalue weighted by atomic mass is 9.83. The van der Waals surface area contributed by atoms with E-state index >= 15 is 0 Å². The quantitative estimate of drug-likeness (QED) is 0.170. The van der Waals surface area contributed by atoms with Gasteiger partial charge in [-0.25, -0.2) is 9.59 Å². The van der Waals surface area contributed by atoms with Gasteiger partial charge >= 0.3 is 11.9 Å². The number of ether oxygens (including phenoxy) is 1. The maximum absolute atomic E-state index is 12.9. The second-order valence-electron chi connectivity index (χ2n) is 11.3. The van der Waals surface area contributed by atoms with Gasteiger partial charge in [-0.3, -0.25) is 0 Å². The SMILES string of the molecule is CCCCCCCCCCCCC(CCC(C)CC(C)(C)C)OC(=O)c1ccccc1C(=O)O. The number of carbonyl (C=O) groups is 2. The van der Waals surface area contributed by atoms with Crippen LogP contribution in [0.5, 0.6) is 0 Å². The van der Waals surface area contributed by atoms with E-state index in [1.54, 1.807) is 18.2 Å². The van der Waals surface area contributed by atoms with Gasteiger partial charge in [0.15, 0.2) is 0 Å². The highest BCUT2D eigenvalue weighted by molar-refractivity contribution is 6.02. The van der Waals surface area contributed by atoms with Crippen LogP contribution in [0.2, 0.25) is 0 Å². The monoisotopic (exact) mass is 474 g/mol. The smallest absolute Gasteiger partial charge is 0.339 e. The Labute approximate surface area is 208 Å². The molecule has 0 radical (unpaired) electrons. The summed E-state index contributed by atoms with van der Waals surface area (Å²) < 4.78 is 5.89. The molecule has 0 heterocycles. The van der Waals surface area contributed by atoms with E-state index in [0.29, 0.717) is 5.92 Å². The fourth-order valence-electron chi connectivity index (χ4n) is 4.80. The van der Waals surface area contributed by atoms with Crippen LogP contribution in [0.1, 0.15) is 145 Å². The van der Waals surface area contributed by atoms with Crippen molar-refractivity contribution in [2.24, 2.45) is 11.3 Å². The molecule has 0 aliphatic heterocycles. The van der Waals surface area contributed by atoms with Crippen LogP contribution in [0.15, 0.2) is 24.3 Å². The van der Waals surface area contributed by atoms with Gasteiger partial charge in [-0.05, 0) is 55.6 Å². The first-order valence-corrected chi connectivity index (χ1v) is 13.7. The molecule has 1 aromatic carbocycles. The number of carboxylic acids is 1. The third-order valence-electron chi connectivity index (χ3n) is 6.47. The van der Waals surface area contributed by atoms with Crippen molar-refractivity contribution in [3.05, 3.63) is 35.4 Å². The largest absolute Gasteiger partial charge is 0.478 e. The van der Waals surface area contributed by atoms with Crippen LogP contribution in [0.3, 0.4) is 0 Å². The van der Waals surface area contributed by atoms with Gasteiger partial charge in [0.2, 0.25) is 0 Å². The average molecular weight is 475 g/mol. The van der Waals surface area contributed by atoms with Crippen LogP contribution in [-0.4, -0.2) is 23.1 Å². The second kappa shape index (κ2) is 16.7. The Bertz CT molecular complexity index is 704. The van der Waals surface area contributed by atoms with Crippen molar-refractivity contribution in [2.45, 2.75) is 131 Å². The second-order valence-corrected chi connectivity index (χ2v) is 11.3. The topological polar surface area (TPSA) is 63.6 Å². The van der Waals surface area contributed by atoms with Gasteiger partial charge in [0, 0.05) is 0 Å². The van der Waals surface area contributed by atoms with E-state index in [9.17, 15) is 14.7 Å². The number of hydrogen-bond donors (Lipinski definition) is 1. The van der Waals surface area contributed by atoms with Gasteiger partial charge in [-0.2, -0.15) is 0 Å². The summed E-state index contributed by atoms with van der Waals surface area (Å²) >= 11 is 0. The van der Waals surface area contributed by atoms with E-state index in [1.165, 1.54) is 57.4 Å². The van der Waals surface area contributed by atoms with Gasteiger partial charge in [0.1, 0.15) is 6.10 Å². The molecule has 0 amide bonds. The summed E-state index contributed by atoms with van der Waals surface area (Å²) in [5.41, 5.74) is 0.430. The normalized spacial score (nSPS) is 13.4. The lowest BCUT2D eigenvalue weighted by Gasteiger charge is -2.25. The highest BCUT2D eigenvalue weighted by Crippen LogP contribution is 2.28.